The maximum atomic E-state index is 4.81. The van der Waals surface area contributed by atoms with E-state index >= 15 is 0 Å². The lowest BCUT2D eigenvalue weighted by Crippen LogP contribution is -1.99. The SMILES string of the molecule is Cc1cc([C@@H]2C[C@H]2c2nc3ccccc3n2C)nc(C)n1. The van der Waals surface area contributed by atoms with Gasteiger partial charge in [-0.05, 0) is 38.5 Å². The summed E-state index contributed by atoms with van der Waals surface area (Å²) in [5, 5.41) is 0. The van der Waals surface area contributed by atoms with E-state index in [-0.39, 0.29) is 0 Å². The molecule has 0 saturated heterocycles. The van der Waals surface area contributed by atoms with Crippen molar-refractivity contribution >= 4 is 11.0 Å². The van der Waals surface area contributed by atoms with Crippen molar-refractivity contribution in [2.45, 2.75) is 32.1 Å². The average Bonchev–Trinajstić information content (AvgIpc) is 3.17. The zero-order chi connectivity index (χ0) is 14.6. The van der Waals surface area contributed by atoms with Crippen LogP contribution in [0.1, 0.15) is 41.3 Å². The Hall–Kier alpha value is -2.23. The molecule has 0 bridgehead atoms. The molecule has 1 fully saturated rings. The van der Waals surface area contributed by atoms with Crippen LogP contribution < -0.4 is 0 Å². The highest BCUT2D eigenvalue weighted by Gasteiger charge is 2.43. The van der Waals surface area contributed by atoms with Crippen LogP contribution in [0, 0.1) is 13.8 Å². The van der Waals surface area contributed by atoms with E-state index < -0.39 is 0 Å². The molecular weight excluding hydrogens is 260 g/mol. The average molecular weight is 278 g/mol. The van der Waals surface area contributed by atoms with Gasteiger partial charge in [-0.3, -0.25) is 0 Å². The zero-order valence-electron chi connectivity index (χ0n) is 12.5. The molecule has 21 heavy (non-hydrogen) atoms. The molecule has 3 aromatic rings. The largest absolute Gasteiger partial charge is 0.331 e. The summed E-state index contributed by atoms with van der Waals surface area (Å²) in [4.78, 5) is 13.8. The molecule has 4 nitrogen and oxygen atoms in total. The van der Waals surface area contributed by atoms with Crippen LogP contribution in [0.4, 0.5) is 0 Å². The highest BCUT2D eigenvalue weighted by atomic mass is 15.1. The summed E-state index contributed by atoms with van der Waals surface area (Å²) in [5.74, 6) is 3.01. The molecule has 2 heterocycles. The van der Waals surface area contributed by atoms with E-state index in [1.54, 1.807) is 0 Å². The first-order valence-corrected chi connectivity index (χ1v) is 7.37. The van der Waals surface area contributed by atoms with E-state index in [9.17, 15) is 0 Å². The number of hydrogen-bond acceptors (Lipinski definition) is 3. The summed E-state index contributed by atoms with van der Waals surface area (Å²) < 4.78 is 2.22. The summed E-state index contributed by atoms with van der Waals surface area (Å²) >= 11 is 0. The summed E-state index contributed by atoms with van der Waals surface area (Å²) in [5.41, 5.74) is 4.49. The highest BCUT2D eigenvalue weighted by Crippen LogP contribution is 2.53. The molecule has 1 saturated carbocycles. The number of nitrogens with zero attached hydrogens (tertiary/aromatic N) is 4. The van der Waals surface area contributed by atoms with Gasteiger partial charge in [0.15, 0.2) is 0 Å². The van der Waals surface area contributed by atoms with Crippen molar-refractivity contribution in [1.82, 2.24) is 19.5 Å². The summed E-state index contributed by atoms with van der Waals surface area (Å²) in [6.45, 7) is 3.99. The van der Waals surface area contributed by atoms with Gasteiger partial charge < -0.3 is 4.57 Å². The molecule has 0 unspecified atom stereocenters. The van der Waals surface area contributed by atoms with E-state index in [1.807, 2.05) is 19.9 Å². The fraction of sp³-hybridized carbons (Fsp3) is 0.353. The van der Waals surface area contributed by atoms with Gasteiger partial charge in [0.25, 0.3) is 0 Å². The number of rotatable bonds is 2. The first-order chi connectivity index (χ1) is 10.1. The molecule has 4 heteroatoms. The number of para-hydroxylation sites is 2. The van der Waals surface area contributed by atoms with E-state index in [1.165, 1.54) is 11.3 Å². The van der Waals surface area contributed by atoms with Crippen LogP contribution >= 0.6 is 0 Å². The van der Waals surface area contributed by atoms with Gasteiger partial charge in [-0.15, -0.1) is 0 Å². The Morgan fingerprint density at radius 2 is 1.86 bits per heavy atom. The summed E-state index contributed by atoms with van der Waals surface area (Å²) in [7, 11) is 2.11. The van der Waals surface area contributed by atoms with Crippen molar-refractivity contribution in [3.8, 4) is 0 Å². The quantitative estimate of drug-likeness (QED) is 0.722. The molecule has 1 aromatic carbocycles. The van der Waals surface area contributed by atoms with Gasteiger partial charge in [-0.2, -0.15) is 0 Å². The van der Waals surface area contributed by atoms with E-state index in [0.29, 0.717) is 11.8 Å². The van der Waals surface area contributed by atoms with Crippen molar-refractivity contribution < 1.29 is 0 Å². The first kappa shape index (κ1) is 12.5. The number of aryl methyl sites for hydroxylation is 3. The van der Waals surface area contributed by atoms with Gasteiger partial charge in [0.2, 0.25) is 0 Å². The van der Waals surface area contributed by atoms with E-state index in [2.05, 4.69) is 45.8 Å². The van der Waals surface area contributed by atoms with Gasteiger partial charge in [-0.1, -0.05) is 12.1 Å². The fourth-order valence-corrected chi connectivity index (χ4v) is 3.24. The number of aromatic nitrogens is 4. The van der Waals surface area contributed by atoms with Gasteiger partial charge >= 0.3 is 0 Å². The molecule has 4 rings (SSSR count). The van der Waals surface area contributed by atoms with Crippen molar-refractivity contribution in [3.05, 3.63) is 53.4 Å². The van der Waals surface area contributed by atoms with Crippen molar-refractivity contribution in [3.63, 3.8) is 0 Å². The van der Waals surface area contributed by atoms with Crippen LogP contribution in [0.15, 0.2) is 30.3 Å². The standard InChI is InChI=1S/C17H18N4/c1-10-8-15(19-11(2)18-10)12-9-13(12)17-20-14-6-4-5-7-16(14)21(17)3/h4-8,12-13H,9H2,1-3H3/t12-,13-/m1/s1. The van der Waals surface area contributed by atoms with Crippen molar-refractivity contribution in [2.75, 3.05) is 0 Å². The second kappa shape index (κ2) is 4.38. The summed E-state index contributed by atoms with van der Waals surface area (Å²) in [6.07, 6.45) is 1.13. The monoisotopic (exact) mass is 278 g/mol. The summed E-state index contributed by atoms with van der Waals surface area (Å²) in [6, 6.07) is 10.4. The molecule has 0 aliphatic heterocycles. The second-order valence-corrected chi connectivity index (χ2v) is 5.95. The Kier molecular flexibility index (Phi) is 2.61. The third-order valence-corrected chi connectivity index (χ3v) is 4.31. The third kappa shape index (κ3) is 2.02. The molecule has 1 aliphatic carbocycles. The molecule has 106 valence electrons. The van der Waals surface area contributed by atoms with E-state index in [4.69, 9.17) is 4.98 Å². The normalized spacial score (nSPS) is 20.9. The van der Waals surface area contributed by atoms with Crippen molar-refractivity contribution in [1.29, 1.82) is 0 Å². The lowest BCUT2D eigenvalue weighted by atomic mass is 10.2. The van der Waals surface area contributed by atoms with Crippen LogP contribution in [-0.4, -0.2) is 19.5 Å². The van der Waals surface area contributed by atoms with Gasteiger partial charge in [-0.25, -0.2) is 15.0 Å². The number of fused-ring (bicyclic) bond motifs is 1. The zero-order valence-corrected chi connectivity index (χ0v) is 12.5. The van der Waals surface area contributed by atoms with Gasteiger partial charge in [0, 0.05) is 30.3 Å². The van der Waals surface area contributed by atoms with Crippen LogP contribution in [0.3, 0.4) is 0 Å². The minimum atomic E-state index is 0.482. The number of hydrogen-bond donors (Lipinski definition) is 0. The van der Waals surface area contributed by atoms with Gasteiger partial charge in [0.05, 0.1) is 11.0 Å². The molecule has 0 radical (unpaired) electrons. The molecule has 2 atom stereocenters. The predicted molar refractivity (Wildman–Crippen MR) is 82.3 cm³/mol. The maximum absolute atomic E-state index is 4.81. The minimum absolute atomic E-state index is 0.482. The van der Waals surface area contributed by atoms with Gasteiger partial charge in [0.1, 0.15) is 11.6 Å². The number of benzene rings is 1. The van der Waals surface area contributed by atoms with Crippen LogP contribution in [0.25, 0.3) is 11.0 Å². The number of imidazole rings is 1. The highest BCUT2D eigenvalue weighted by molar-refractivity contribution is 5.76. The molecule has 1 aliphatic rings. The second-order valence-electron chi connectivity index (χ2n) is 5.95. The molecule has 2 aromatic heterocycles. The predicted octanol–water partition coefficient (Wildman–Crippen LogP) is 3.25. The molecular formula is C17H18N4. The molecule has 0 spiro atoms. The lowest BCUT2D eigenvalue weighted by molar-refractivity contribution is 0.793. The topological polar surface area (TPSA) is 43.6 Å². The van der Waals surface area contributed by atoms with Crippen LogP contribution in [0.2, 0.25) is 0 Å². The first-order valence-electron chi connectivity index (χ1n) is 7.37. The molecule has 0 amide bonds. The molecule has 0 N–H and O–H groups in total. The minimum Gasteiger partial charge on any atom is -0.331 e. The van der Waals surface area contributed by atoms with E-state index in [0.717, 1.165) is 29.1 Å². The Labute approximate surface area is 123 Å². The Bertz CT molecular complexity index is 814. The third-order valence-electron chi connectivity index (χ3n) is 4.31. The Morgan fingerprint density at radius 1 is 1.05 bits per heavy atom. The smallest absolute Gasteiger partial charge is 0.125 e. The van der Waals surface area contributed by atoms with Crippen LogP contribution in [-0.2, 0) is 7.05 Å². The van der Waals surface area contributed by atoms with Crippen LogP contribution in [0.5, 0.6) is 0 Å². The maximum Gasteiger partial charge on any atom is 0.125 e. The Morgan fingerprint density at radius 3 is 2.62 bits per heavy atom. The van der Waals surface area contributed by atoms with Crippen molar-refractivity contribution in [2.24, 2.45) is 7.05 Å². The lowest BCUT2D eigenvalue weighted by Gasteiger charge is -2.04. The fourth-order valence-electron chi connectivity index (χ4n) is 3.24. The Balaban J connectivity index is 1.71.